The SMILES string of the molecule is CCN(CC)C(=S)SC(CC(=O)c1ccc(OC)cc1)c1ccccc1Cl. The Kier molecular flexibility index (Phi) is 8.61. The predicted molar refractivity (Wildman–Crippen MR) is 119 cm³/mol. The Morgan fingerprint density at radius 2 is 1.78 bits per heavy atom. The van der Waals surface area contributed by atoms with E-state index < -0.39 is 0 Å². The highest BCUT2D eigenvalue weighted by Crippen LogP contribution is 2.38. The summed E-state index contributed by atoms with van der Waals surface area (Å²) in [4.78, 5) is 15.0. The number of hydrogen-bond acceptors (Lipinski definition) is 4. The second-order valence-corrected chi connectivity index (χ2v) is 8.17. The van der Waals surface area contributed by atoms with E-state index in [0.29, 0.717) is 17.0 Å². The molecule has 2 aromatic carbocycles. The standard InChI is InChI=1S/C21H24ClNO2S2/c1-4-23(5-2)21(26)27-20(17-8-6-7-9-18(17)22)14-19(24)15-10-12-16(25-3)13-11-15/h6-13,20H,4-5,14H2,1-3H3. The van der Waals surface area contributed by atoms with Crippen LogP contribution in [0.1, 0.15) is 41.4 Å². The molecule has 0 aliphatic heterocycles. The van der Waals surface area contributed by atoms with Gasteiger partial charge in [-0.3, -0.25) is 4.79 Å². The zero-order chi connectivity index (χ0) is 19.8. The molecule has 2 rings (SSSR count). The van der Waals surface area contributed by atoms with E-state index in [1.54, 1.807) is 31.4 Å². The molecule has 0 aliphatic carbocycles. The molecule has 0 saturated heterocycles. The van der Waals surface area contributed by atoms with E-state index in [1.165, 1.54) is 11.8 Å². The van der Waals surface area contributed by atoms with Gasteiger partial charge in [0.2, 0.25) is 0 Å². The van der Waals surface area contributed by atoms with Gasteiger partial charge in [-0.15, -0.1) is 0 Å². The summed E-state index contributed by atoms with van der Waals surface area (Å²) in [7, 11) is 1.61. The molecule has 1 atom stereocenters. The molecule has 0 heterocycles. The van der Waals surface area contributed by atoms with Crippen LogP contribution in [0.15, 0.2) is 48.5 Å². The van der Waals surface area contributed by atoms with Crippen LogP contribution in [0.25, 0.3) is 0 Å². The summed E-state index contributed by atoms with van der Waals surface area (Å²) in [6.45, 7) is 5.82. The maximum Gasteiger partial charge on any atom is 0.164 e. The van der Waals surface area contributed by atoms with E-state index in [-0.39, 0.29) is 11.0 Å². The van der Waals surface area contributed by atoms with E-state index in [0.717, 1.165) is 28.7 Å². The summed E-state index contributed by atoms with van der Waals surface area (Å²) in [5.41, 5.74) is 1.59. The van der Waals surface area contributed by atoms with Gasteiger partial charge in [0.1, 0.15) is 10.1 Å². The molecule has 0 saturated carbocycles. The quantitative estimate of drug-likeness (QED) is 0.384. The minimum Gasteiger partial charge on any atom is -0.497 e. The summed E-state index contributed by atoms with van der Waals surface area (Å²) in [5.74, 6) is 0.781. The van der Waals surface area contributed by atoms with Crippen molar-refractivity contribution in [2.45, 2.75) is 25.5 Å². The lowest BCUT2D eigenvalue weighted by molar-refractivity contribution is 0.0982. The number of carbonyl (C=O) groups excluding carboxylic acids is 1. The minimum absolute atomic E-state index is 0.0532. The maximum atomic E-state index is 12.9. The molecule has 0 aromatic heterocycles. The van der Waals surface area contributed by atoms with E-state index in [4.69, 9.17) is 28.6 Å². The lowest BCUT2D eigenvalue weighted by Crippen LogP contribution is -2.27. The Labute approximate surface area is 176 Å². The number of carbonyl (C=O) groups is 1. The van der Waals surface area contributed by atoms with Crippen LogP contribution in [0.5, 0.6) is 5.75 Å². The van der Waals surface area contributed by atoms with Crippen molar-refractivity contribution in [3.63, 3.8) is 0 Å². The van der Waals surface area contributed by atoms with Crippen LogP contribution in [0.4, 0.5) is 0 Å². The zero-order valence-electron chi connectivity index (χ0n) is 15.8. The first-order chi connectivity index (χ1) is 13.0. The average molecular weight is 422 g/mol. The van der Waals surface area contributed by atoms with Gasteiger partial charge in [0.15, 0.2) is 5.78 Å². The summed E-state index contributed by atoms with van der Waals surface area (Å²) < 4.78 is 5.95. The van der Waals surface area contributed by atoms with Crippen LogP contribution < -0.4 is 4.74 Å². The third kappa shape index (κ3) is 5.96. The molecule has 0 N–H and O–H groups in total. The Balaban J connectivity index is 2.24. The number of ketones is 1. The molecule has 1 unspecified atom stereocenters. The second-order valence-electron chi connectivity index (χ2n) is 5.92. The number of rotatable bonds is 8. The van der Waals surface area contributed by atoms with Crippen LogP contribution in [-0.4, -0.2) is 35.2 Å². The van der Waals surface area contributed by atoms with Crippen LogP contribution in [0.3, 0.4) is 0 Å². The fourth-order valence-electron chi connectivity index (χ4n) is 2.69. The molecule has 2 aromatic rings. The Bertz CT molecular complexity index is 776. The lowest BCUT2D eigenvalue weighted by atomic mass is 10.0. The van der Waals surface area contributed by atoms with Crippen molar-refractivity contribution in [1.82, 2.24) is 4.90 Å². The first-order valence-electron chi connectivity index (χ1n) is 8.87. The predicted octanol–water partition coefficient (Wildman–Crippen LogP) is 6.02. The van der Waals surface area contributed by atoms with Crippen LogP contribution in [0, 0.1) is 0 Å². The van der Waals surface area contributed by atoms with Gasteiger partial charge in [-0.1, -0.05) is 53.8 Å². The highest BCUT2D eigenvalue weighted by atomic mass is 35.5. The smallest absolute Gasteiger partial charge is 0.164 e. The Hall–Kier alpha value is -1.56. The topological polar surface area (TPSA) is 29.5 Å². The highest BCUT2D eigenvalue weighted by molar-refractivity contribution is 8.23. The molecule has 144 valence electrons. The number of nitrogens with zero attached hydrogens (tertiary/aromatic N) is 1. The molecule has 27 heavy (non-hydrogen) atoms. The van der Waals surface area contributed by atoms with Gasteiger partial charge in [-0.2, -0.15) is 0 Å². The molecule has 0 aliphatic rings. The number of ether oxygens (including phenoxy) is 1. The van der Waals surface area contributed by atoms with Gasteiger partial charge >= 0.3 is 0 Å². The third-order valence-corrected chi connectivity index (χ3v) is 6.36. The molecule has 0 amide bonds. The van der Waals surface area contributed by atoms with Gasteiger partial charge in [0, 0.05) is 35.3 Å². The fraction of sp³-hybridized carbons (Fsp3) is 0.333. The van der Waals surface area contributed by atoms with E-state index in [2.05, 4.69) is 18.7 Å². The monoisotopic (exact) mass is 421 g/mol. The fourth-order valence-corrected chi connectivity index (χ4v) is 4.85. The maximum absolute atomic E-state index is 12.9. The van der Waals surface area contributed by atoms with Gasteiger partial charge < -0.3 is 9.64 Å². The minimum atomic E-state index is -0.138. The lowest BCUT2D eigenvalue weighted by Gasteiger charge is -2.25. The normalized spacial score (nSPS) is 11.7. The van der Waals surface area contributed by atoms with Crippen LogP contribution in [0.2, 0.25) is 5.02 Å². The average Bonchev–Trinajstić information content (AvgIpc) is 2.69. The van der Waals surface area contributed by atoms with Crippen LogP contribution >= 0.6 is 35.6 Å². The Morgan fingerprint density at radius 1 is 1.15 bits per heavy atom. The second kappa shape index (κ2) is 10.7. The highest BCUT2D eigenvalue weighted by Gasteiger charge is 2.23. The van der Waals surface area contributed by atoms with E-state index >= 15 is 0 Å². The third-order valence-electron chi connectivity index (χ3n) is 4.30. The number of thioether (sulfide) groups is 1. The molecular weight excluding hydrogens is 398 g/mol. The Morgan fingerprint density at radius 3 is 2.33 bits per heavy atom. The summed E-state index contributed by atoms with van der Waals surface area (Å²) in [6.07, 6.45) is 0.322. The van der Waals surface area contributed by atoms with E-state index in [9.17, 15) is 4.79 Å². The summed E-state index contributed by atoms with van der Waals surface area (Å²) in [6, 6.07) is 14.8. The van der Waals surface area contributed by atoms with Crippen molar-refractivity contribution in [2.75, 3.05) is 20.2 Å². The molecule has 0 fully saturated rings. The molecule has 6 heteroatoms. The van der Waals surface area contributed by atoms with Crippen molar-refractivity contribution in [3.05, 3.63) is 64.7 Å². The number of methoxy groups -OCH3 is 1. The molecule has 3 nitrogen and oxygen atoms in total. The number of Topliss-reactive ketones (excluding diaryl/α,β-unsaturated/α-hetero) is 1. The molecule has 0 radical (unpaired) electrons. The molecule has 0 spiro atoms. The largest absolute Gasteiger partial charge is 0.497 e. The van der Waals surface area contributed by atoms with Crippen molar-refractivity contribution in [2.24, 2.45) is 0 Å². The van der Waals surface area contributed by atoms with Gasteiger partial charge in [0.25, 0.3) is 0 Å². The van der Waals surface area contributed by atoms with E-state index in [1.807, 2.05) is 24.3 Å². The van der Waals surface area contributed by atoms with Crippen molar-refractivity contribution in [1.29, 1.82) is 0 Å². The van der Waals surface area contributed by atoms with Crippen molar-refractivity contribution >= 4 is 45.7 Å². The number of halogens is 1. The van der Waals surface area contributed by atoms with Gasteiger partial charge in [-0.25, -0.2) is 0 Å². The molecule has 0 bridgehead atoms. The van der Waals surface area contributed by atoms with Crippen LogP contribution in [-0.2, 0) is 0 Å². The first kappa shape index (κ1) is 21.7. The van der Waals surface area contributed by atoms with Gasteiger partial charge in [0.05, 0.1) is 7.11 Å². The zero-order valence-corrected chi connectivity index (χ0v) is 18.2. The number of benzene rings is 2. The summed E-state index contributed by atoms with van der Waals surface area (Å²) in [5, 5.41) is 0.515. The van der Waals surface area contributed by atoms with Crippen molar-refractivity contribution < 1.29 is 9.53 Å². The molecular formula is C21H24ClNO2S2. The first-order valence-corrected chi connectivity index (χ1v) is 10.5. The number of thiocarbonyl (C=S) groups is 1. The summed E-state index contributed by atoms with van der Waals surface area (Å²) >= 11 is 13.6. The van der Waals surface area contributed by atoms with Crippen molar-refractivity contribution in [3.8, 4) is 5.75 Å². The number of hydrogen-bond donors (Lipinski definition) is 0. The van der Waals surface area contributed by atoms with Gasteiger partial charge in [-0.05, 0) is 49.7 Å².